The summed E-state index contributed by atoms with van der Waals surface area (Å²) in [6.07, 6.45) is 5.26. The number of hydrogen-bond acceptors (Lipinski definition) is 3. The second kappa shape index (κ2) is 12.0. The van der Waals surface area contributed by atoms with Crippen LogP contribution in [0.1, 0.15) is 32.3 Å². The van der Waals surface area contributed by atoms with Gasteiger partial charge in [-0.25, -0.2) is 0 Å². The molecule has 0 amide bonds. The molecule has 0 fully saturated rings. The van der Waals surface area contributed by atoms with Crippen LogP contribution in [0.5, 0.6) is 5.75 Å². The van der Waals surface area contributed by atoms with E-state index in [0.29, 0.717) is 0 Å². The van der Waals surface area contributed by atoms with Crippen molar-refractivity contribution < 1.29 is 8.95 Å². The Morgan fingerprint density at radius 2 is 2.14 bits per heavy atom. The average molecular weight is 324 g/mol. The summed E-state index contributed by atoms with van der Waals surface area (Å²) in [6, 6.07) is 5.66. The van der Waals surface area contributed by atoms with Crippen molar-refractivity contribution in [3.8, 4) is 5.75 Å². The van der Waals surface area contributed by atoms with Gasteiger partial charge in [-0.2, -0.15) is 0 Å². The van der Waals surface area contributed by atoms with Gasteiger partial charge in [0.2, 0.25) is 0 Å². The fourth-order valence-corrected chi connectivity index (χ4v) is 2.03. The summed E-state index contributed by atoms with van der Waals surface area (Å²) in [7, 11) is 0.809. The lowest BCUT2D eigenvalue weighted by Gasteiger charge is -2.08. The van der Waals surface area contributed by atoms with Crippen molar-refractivity contribution in [2.24, 2.45) is 4.99 Å². The largest absolute Gasteiger partial charge is 0.493 e. The Hall–Kier alpha value is -1.62. The molecule has 22 heavy (non-hydrogen) atoms. The van der Waals surface area contributed by atoms with Crippen LogP contribution in [0.4, 0.5) is 0 Å². The molecule has 1 aromatic carbocycles. The molecule has 0 aliphatic carbocycles. The zero-order chi connectivity index (χ0) is 17.0. The van der Waals surface area contributed by atoms with Crippen molar-refractivity contribution in [1.82, 2.24) is 5.32 Å². The smallest absolute Gasteiger partial charge is 0.122 e. The third-order valence-electron chi connectivity index (χ3n) is 2.76. The van der Waals surface area contributed by atoms with E-state index in [1.54, 1.807) is 19.6 Å². The van der Waals surface area contributed by atoms with Crippen LogP contribution in [-0.2, 0) is 10.8 Å². The van der Waals surface area contributed by atoms with E-state index in [-0.39, 0.29) is 0 Å². The zero-order valence-electron chi connectivity index (χ0n) is 14.3. The van der Waals surface area contributed by atoms with Gasteiger partial charge in [-0.1, -0.05) is 20.4 Å². The molecule has 1 N–H and O–H groups in total. The van der Waals surface area contributed by atoms with E-state index in [0.717, 1.165) is 41.4 Å². The minimum absolute atomic E-state index is 0.732. The van der Waals surface area contributed by atoms with Gasteiger partial charge in [0, 0.05) is 34.7 Å². The van der Waals surface area contributed by atoms with Gasteiger partial charge in [0.15, 0.2) is 0 Å². The summed E-state index contributed by atoms with van der Waals surface area (Å²) >= 11 is 0. The van der Waals surface area contributed by atoms with Gasteiger partial charge in [0.25, 0.3) is 0 Å². The summed E-state index contributed by atoms with van der Waals surface area (Å²) in [6.45, 7) is 10.5. The van der Waals surface area contributed by atoms with Gasteiger partial charge < -0.3 is 10.1 Å². The van der Waals surface area contributed by atoms with Crippen molar-refractivity contribution in [2.75, 3.05) is 19.9 Å². The molecule has 1 rings (SSSR count). The van der Waals surface area contributed by atoms with Gasteiger partial charge in [0.05, 0.1) is 12.9 Å². The molecular weight excluding hydrogens is 296 g/mol. The predicted molar refractivity (Wildman–Crippen MR) is 96.3 cm³/mol. The van der Waals surface area contributed by atoms with Crippen LogP contribution in [0, 0.1) is 6.92 Å². The lowest BCUT2D eigenvalue weighted by Crippen LogP contribution is -2.07. The Morgan fingerprint density at radius 1 is 1.45 bits per heavy atom. The van der Waals surface area contributed by atoms with E-state index in [4.69, 9.17) is 4.74 Å². The molecule has 0 radical (unpaired) electrons. The number of nitrogens with one attached hydrogen (secondary N) is 1. The van der Waals surface area contributed by atoms with E-state index in [1.165, 1.54) is 0 Å². The first-order valence-corrected chi connectivity index (χ1v) is 8.93. The molecule has 5 heteroatoms. The molecule has 1 atom stereocenters. The molecule has 1 aromatic rings. The second-order valence-corrected chi connectivity index (χ2v) is 6.10. The zero-order valence-corrected chi connectivity index (χ0v) is 15.1. The standard InChI is InChI=1S/C11H16O2S.C6H12N2/c1-4-7-13-11-6-5-10(14(3)12)8-9(11)2;1-4-6(2)8-5-7-3/h5-6,8H,4,7H2,1-3H3;5H,2,4H2,1,3H3,(H,7,8). The molecule has 0 saturated heterocycles. The Labute approximate surface area is 137 Å². The fourth-order valence-electron chi connectivity index (χ4n) is 1.43. The maximum atomic E-state index is 11.2. The van der Waals surface area contributed by atoms with Crippen LogP contribution in [0.2, 0.25) is 0 Å². The molecule has 1 unspecified atom stereocenters. The third kappa shape index (κ3) is 8.62. The van der Waals surface area contributed by atoms with E-state index < -0.39 is 10.8 Å². The number of hydrogen-bond donors (Lipinski definition) is 1. The lowest BCUT2D eigenvalue weighted by molar-refractivity contribution is 0.315. The Kier molecular flexibility index (Phi) is 11.1. The molecule has 0 aliphatic heterocycles. The average Bonchev–Trinajstić information content (AvgIpc) is 2.51. The Bertz CT molecular complexity index is 513. The van der Waals surface area contributed by atoms with E-state index >= 15 is 0 Å². The molecule has 0 spiro atoms. The fraction of sp³-hybridized carbons (Fsp3) is 0.471. The first-order chi connectivity index (χ1) is 10.5. The molecule has 0 saturated carbocycles. The summed E-state index contributed by atoms with van der Waals surface area (Å²) in [4.78, 5) is 4.58. The van der Waals surface area contributed by atoms with E-state index in [1.807, 2.05) is 32.0 Å². The third-order valence-corrected chi connectivity index (χ3v) is 3.68. The highest BCUT2D eigenvalue weighted by molar-refractivity contribution is 7.84. The number of aliphatic imine (C=N–C) groups is 1. The number of rotatable bonds is 7. The maximum absolute atomic E-state index is 11.2. The maximum Gasteiger partial charge on any atom is 0.122 e. The highest BCUT2D eigenvalue weighted by Gasteiger charge is 2.02. The van der Waals surface area contributed by atoms with Crippen molar-refractivity contribution >= 4 is 17.1 Å². The van der Waals surface area contributed by atoms with E-state index in [2.05, 4.69) is 23.8 Å². The molecule has 0 bridgehead atoms. The van der Waals surface area contributed by atoms with Crippen LogP contribution in [0.25, 0.3) is 0 Å². The van der Waals surface area contributed by atoms with Crippen LogP contribution in [0.3, 0.4) is 0 Å². The topological polar surface area (TPSA) is 50.7 Å². The van der Waals surface area contributed by atoms with Crippen LogP contribution < -0.4 is 10.1 Å². The first kappa shape index (κ1) is 20.4. The lowest BCUT2D eigenvalue weighted by atomic mass is 10.2. The minimum Gasteiger partial charge on any atom is -0.493 e. The molecule has 124 valence electrons. The van der Waals surface area contributed by atoms with Crippen molar-refractivity contribution in [1.29, 1.82) is 0 Å². The summed E-state index contributed by atoms with van der Waals surface area (Å²) in [5, 5.41) is 2.90. The number of nitrogens with zero attached hydrogens (tertiary/aromatic N) is 1. The molecule has 0 aliphatic rings. The summed E-state index contributed by atoms with van der Waals surface area (Å²) < 4.78 is 16.7. The number of allylic oxidation sites excluding steroid dienone is 1. The van der Waals surface area contributed by atoms with E-state index in [9.17, 15) is 4.21 Å². The normalized spacial score (nSPS) is 11.5. The van der Waals surface area contributed by atoms with Gasteiger partial charge in [0.1, 0.15) is 5.75 Å². The van der Waals surface area contributed by atoms with Crippen molar-refractivity contribution in [2.45, 2.75) is 38.5 Å². The van der Waals surface area contributed by atoms with Crippen LogP contribution in [-0.4, -0.2) is 30.5 Å². The monoisotopic (exact) mass is 324 g/mol. The molecular formula is C17H28N2O2S. The highest BCUT2D eigenvalue weighted by Crippen LogP contribution is 2.20. The number of ether oxygens (including phenoxy) is 1. The first-order valence-electron chi connectivity index (χ1n) is 7.38. The highest BCUT2D eigenvalue weighted by atomic mass is 32.2. The quantitative estimate of drug-likeness (QED) is 0.615. The minimum atomic E-state index is -0.909. The Morgan fingerprint density at radius 3 is 2.59 bits per heavy atom. The number of benzene rings is 1. The molecule has 0 heterocycles. The van der Waals surface area contributed by atoms with Crippen LogP contribution in [0.15, 0.2) is 40.4 Å². The number of aryl methyl sites for hydroxylation is 1. The SMILES string of the molecule is C=C(CC)NC=NC.CCCOc1ccc(S(C)=O)cc1C. The summed E-state index contributed by atoms with van der Waals surface area (Å²) in [5.74, 6) is 0.890. The van der Waals surface area contributed by atoms with Gasteiger partial charge in [-0.3, -0.25) is 9.20 Å². The van der Waals surface area contributed by atoms with Gasteiger partial charge in [-0.05, 0) is 43.5 Å². The molecule has 4 nitrogen and oxygen atoms in total. The summed E-state index contributed by atoms with van der Waals surface area (Å²) in [5.41, 5.74) is 2.04. The Balaban J connectivity index is 0.000000472. The van der Waals surface area contributed by atoms with Crippen molar-refractivity contribution in [3.63, 3.8) is 0 Å². The van der Waals surface area contributed by atoms with Gasteiger partial charge in [-0.15, -0.1) is 0 Å². The van der Waals surface area contributed by atoms with Gasteiger partial charge >= 0.3 is 0 Å². The van der Waals surface area contributed by atoms with Crippen LogP contribution >= 0.6 is 0 Å². The molecule has 0 aromatic heterocycles. The second-order valence-electron chi connectivity index (χ2n) is 4.72. The van der Waals surface area contributed by atoms with Crippen molar-refractivity contribution in [3.05, 3.63) is 36.0 Å². The predicted octanol–water partition coefficient (Wildman–Crippen LogP) is 3.68.